The maximum absolute atomic E-state index is 11.4. The summed E-state index contributed by atoms with van der Waals surface area (Å²) in [5.41, 5.74) is 0.347. The zero-order valence-electron chi connectivity index (χ0n) is 7.24. The molecule has 4 heteroatoms. The van der Waals surface area contributed by atoms with Gasteiger partial charge in [-0.3, -0.25) is 4.79 Å². The van der Waals surface area contributed by atoms with Crippen LogP contribution < -0.4 is 0 Å². The fraction of sp³-hybridized carbons (Fsp3) is 0.333. The van der Waals surface area contributed by atoms with Gasteiger partial charge in [-0.25, -0.2) is 4.79 Å². The second-order valence-electron chi connectivity index (χ2n) is 2.64. The number of ketones is 1. The van der Waals surface area contributed by atoms with Crippen LogP contribution in [0.1, 0.15) is 39.8 Å². The van der Waals surface area contributed by atoms with Gasteiger partial charge >= 0.3 is 5.97 Å². The lowest BCUT2D eigenvalue weighted by Gasteiger charge is -1.96. The Hall–Kier alpha value is -1.16. The van der Waals surface area contributed by atoms with Crippen molar-refractivity contribution in [1.82, 2.24) is 0 Å². The van der Waals surface area contributed by atoms with E-state index in [0.29, 0.717) is 12.0 Å². The molecule has 1 aromatic heterocycles. The molecule has 0 fully saturated rings. The number of Topliss-reactive ketones (excluding diaryl/α,β-unsaturated/α-hetero) is 1. The van der Waals surface area contributed by atoms with Gasteiger partial charge in [-0.15, -0.1) is 11.3 Å². The first-order chi connectivity index (χ1) is 6.16. The third-order valence-corrected chi connectivity index (χ3v) is 2.54. The molecule has 0 radical (unpaired) electrons. The Morgan fingerprint density at radius 3 is 2.77 bits per heavy atom. The number of aromatic carboxylic acids is 1. The molecule has 0 atom stereocenters. The van der Waals surface area contributed by atoms with Crippen LogP contribution in [0.15, 0.2) is 11.4 Å². The first kappa shape index (κ1) is 9.92. The van der Waals surface area contributed by atoms with E-state index in [1.165, 1.54) is 0 Å². The van der Waals surface area contributed by atoms with Crippen LogP contribution in [0.25, 0.3) is 0 Å². The molecule has 0 saturated carbocycles. The van der Waals surface area contributed by atoms with Gasteiger partial charge < -0.3 is 5.11 Å². The van der Waals surface area contributed by atoms with E-state index in [2.05, 4.69) is 0 Å². The molecule has 0 amide bonds. The van der Waals surface area contributed by atoms with E-state index >= 15 is 0 Å². The van der Waals surface area contributed by atoms with E-state index in [9.17, 15) is 9.59 Å². The van der Waals surface area contributed by atoms with Crippen molar-refractivity contribution < 1.29 is 14.7 Å². The Bertz CT molecular complexity index is 327. The van der Waals surface area contributed by atoms with Crippen molar-refractivity contribution >= 4 is 23.1 Å². The van der Waals surface area contributed by atoms with Crippen LogP contribution >= 0.6 is 11.3 Å². The van der Waals surface area contributed by atoms with Crippen LogP contribution in [0.3, 0.4) is 0 Å². The van der Waals surface area contributed by atoms with Gasteiger partial charge in [0.05, 0.1) is 0 Å². The molecular formula is C9H10O3S. The smallest absolute Gasteiger partial charge is 0.346 e. The maximum Gasteiger partial charge on any atom is 0.346 e. The lowest BCUT2D eigenvalue weighted by Crippen LogP contribution is -2.04. The third-order valence-electron chi connectivity index (χ3n) is 1.64. The summed E-state index contributed by atoms with van der Waals surface area (Å²) in [7, 11) is 0. The van der Waals surface area contributed by atoms with Gasteiger partial charge in [0.15, 0.2) is 5.78 Å². The number of hydrogen-bond acceptors (Lipinski definition) is 3. The molecular weight excluding hydrogens is 188 g/mol. The quantitative estimate of drug-likeness (QED) is 0.756. The normalized spacial score (nSPS) is 9.92. The van der Waals surface area contributed by atoms with Gasteiger partial charge in [0, 0.05) is 12.0 Å². The Morgan fingerprint density at radius 2 is 2.23 bits per heavy atom. The number of carbonyl (C=O) groups is 2. The molecule has 0 aromatic carbocycles. The lowest BCUT2D eigenvalue weighted by molar-refractivity contribution is 0.0697. The predicted molar refractivity (Wildman–Crippen MR) is 50.5 cm³/mol. The fourth-order valence-electron chi connectivity index (χ4n) is 1.06. The molecule has 0 aliphatic heterocycles. The largest absolute Gasteiger partial charge is 0.477 e. The SMILES string of the molecule is CCCC(=O)c1ccsc1C(=O)O. The number of carboxylic acids is 1. The van der Waals surface area contributed by atoms with E-state index in [1.54, 1.807) is 11.4 Å². The molecule has 0 unspecified atom stereocenters. The van der Waals surface area contributed by atoms with Crippen LogP contribution in [-0.2, 0) is 0 Å². The van der Waals surface area contributed by atoms with Crippen molar-refractivity contribution in [2.45, 2.75) is 19.8 Å². The predicted octanol–water partition coefficient (Wildman–Crippen LogP) is 2.43. The molecule has 1 rings (SSSR count). The van der Waals surface area contributed by atoms with E-state index in [4.69, 9.17) is 5.11 Å². The van der Waals surface area contributed by atoms with Crippen LogP contribution in [-0.4, -0.2) is 16.9 Å². The van der Waals surface area contributed by atoms with Crippen molar-refractivity contribution in [2.24, 2.45) is 0 Å². The summed E-state index contributed by atoms with van der Waals surface area (Å²) in [6.45, 7) is 1.89. The monoisotopic (exact) mass is 198 g/mol. The highest BCUT2D eigenvalue weighted by Gasteiger charge is 2.16. The highest BCUT2D eigenvalue weighted by atomic mass is 32.1. The maximum atomic E-state index is 11.4. The fourth-order valence-corrected chi connectivity index (χ4v) is 1.81. The summed E-state index contributed by atoms with van der Waals surface area (Å²) in [6.07, 6.45) is 1.16. The van der Waals surface area contributed by atoms with Gasteiger partial charge in [-0.1, -0.05) is 6.92 Å². The molecule has 1 heterocycles. The Kier molecular flexibility index (Phi) is 3.19. The highest BCUT2D eigenvalue weighted by molar-refractivity contribution is 7.12. The molecule has 1 aromatic rings. The van der Waals surface area contributed by atoms with Gasteiger partial charge in [-0.05, 0) is 17.9 Å². The zero-order chi connectivity index (χ0) is 9.84. The standard InChI is InChI=1S/C9H10O3S/c1-2-3-7(10)6-4-5-13-8(6)9(11)12/h4-5H,2-3H2,1H3,(H,11,12). The lowest BCUT2D eigenvalue weighted by atomic mass is 10.1. The summed E-state index contributed by atoms with van der Waals surface area (Å²) in [4.78, 5) is 22.2. The van der Waals surface area contributed by atoms with E-state index in [0.717, 1.165) is 17.8 Å². The topological polar surface area (TPSA) is 54.4 Å². The summed E-state index contributed by atoms with van der Waals surface area (Å²) in [6, 6.07) is 1.58. The van der Waals surface area contributed by atoms with E-state index in [-0.39, 0.29) is 10.7 Å². The summed E-state index contributed by atoms with van der Waals surface area (Å²) in [5.74, 6) is -1.10. The number of hydrogen-bond donors (Lipinski definition) is 1. The zero-order valence-corrected chi connectivity index (χ0v) is 8.06. The van der Waals surface area contributed by atoms with Gasteiger partial charge in [0.1, 0.15) is 4.88 Å². The van der Waals surface area contributed by atoms with Gasteiger partial charge in [-0.2, -0.15) is 0 Å². The molecule has 3 nitrogen and oxygen atoms in total. The van der Waals surface area contributed by atoms with Gasteiger partial charge in [0.25, 0.3) is 0 Å². The number of thiophene rings is 1. The first-order valence-corrected chi connectivity index (χ1v) is 4.88. The van der Waals surface area contributed by atoms with Crippen LogP contribution in [0.5, 0.6) is 0 Å². The van der Waals surface area contributed by atoms with E-state index < -0.39 is 5.97 Å². The summed E-state index contributed by atoms with van der Waals surface area (Å²) in [5, 5.41) is 10.4. The number of carbonyl (C=O) groups excluding carboxylic acids is 1. The molecule has 13 heavy (non-hydrogen) atoms. The Morgan fingerprint density at radius 1 is 1.54 bits per heavy atom. The van der Waals surface area contributed by atoms with Crippen LogP contribution in [0.2, 0.25) is 0 Å². The first-order valence-electron chi connectivity index (χ1n) is 4.00. The minimum atomic E-state index is -1.02. The minimum Gasteiger partial charge on any atom is -0.477 e. The molecule has 0 bridgehead atoms. The minimum absolute atomic E-state index is 0.0823. The second-order valence-corrected chi connectivity index (χ2v) is 3.56. The Labute approximate surface area is 80.0 Å². The van der Waals surface area contributed by atoms with Crippen LogP contribution in [0, 0.1) is 0 Å². The van der Waals surface area contributed by atoms with Crippen LogP contribution in [0.4, 0.5) is 0 Å². The molecule has 0 aliphatic carbocycles. The molecule has 0 saturated heterocycles. The van der Waals surface area contributed by atoms with Crippen molar-refractivity contribution in [2.75, 3.05) is 0 Å². The Balaban J connectivity index is 2.93. The number of rotatable bonds is 4. The third kappa shape index (κ3) is 2.15. The van der Waals surface area contributed by atoms with Crippen molar-refractivity contribution in [1.29, 1.82) is 0 Å². The average Bonchev–Trinajstić information content (AvgIpc) is 2.52. The summed E-state index contributed by atoms with van der Waals surface area (Å²) >= 11 is 1.09. The van der Waals surface area contributed by atoms with Crippen molar-refractivity contribution in [3.63, 3.8) is 0 Å². The molecule has 0 spiro atoms. The van der Waals surface area contributed by atoms with E-state index in [1.807, 2.05) is 6.92 Å². The molecule has 1 N–H and O–H groups in total. The summed E-state index contributed by atoms with van der Waals surface area (Å²) < 4.78 is 0. The highest BCUT2D eigenvalue weighted by Crippen LogP contribution is 2.18. The molecule has 0 aliphatic rings. The van der Waals surface area contributed by atoms with Gasteiger partial charge in [0.2, 0.25) is 0 Å². The van der Waals surface area contributed by atoms with Crippen molar-refractivity contribution in [3.8, 4) is 0 Å². The van der Waals surface area contributed by atoms with Crippen molar-refractivity contribution in [3.05, 3.63) is 21.9 Å². The average molecular weight is 198 g/mol. The molecule has 70 valence electrons. The number of carboxylic acid groups (broad SMARTS) is 1. The second kappa shape index (κ2) is 4.18.